The Morgan fingerprint density at radius 1 is 1.75 bits per heavy atom. The summed E-state index contributed by atoms with van der Waals surface area (Å²) >= 11 is 4.17. The van der Waals surface area contributed by atoms with Crippen LogP contribution >= 0.6 is 7.23 Å². The van der Waals surface area contributed by atoms with Crippen LogP contribution in [0.1, 0.15) is 6.92 Å². The number of aliphatic hydroxyl groups is 1. The van der Waals surface area contributed by atoms with Gasteiger partial charge in [-0.25, -0.2) is 0 Å². The van der Waals surface area contributed by atoms with Gasteiger partial charge in [-0.1, -0.05) is 4.57 Å². The summed E-state index contributed by atoms with van der Waals surface area (Å²) in [7, 11) is -0.767. The van der Waals surface area contributed by atoms with Gasteiger partial charge in [0.25, 0.3) is 0 Å². The third kappa shape index (κ3) is 16.2. The molecule has 1 unspecified atom stereocenters. The molecule has 0 aromatic rings. The van der Waals surface area contributed by atoms with Crippen molar-refractivity contribution < 1.29 is 14.2 Å². The van der Waals surface area contributed by atoms with Crippen molar-refractivity contribution in [3.63, 3.8) is 0 Å². The van der Waals surface area contributed by atoms with E-state index >= 15 is 0 Å². The van der Waals surface area contributed by atoms with E-state index in [9.17, 15) is 4.57 Å². The molecule has 5 heteroatoms. The molecule has 0 aromatic carbocycles. The van der Waals surface area contributed by atoms with Gasteiger partial charge in [-0.15, -0.1) is 0 Å². The SMILES string of the molecule is CCO[P+](=O)[S-].CO. The van der Waals surface area contributed by atoms with Crippen LogP contribution in [-0.4, -0.2) is 18.8 Å². The molecule has 0 aliphatic carbocycles. The van der Waals surface area contributed by atoms with E-state index in [0.717, 1.165) is 7.11 Å². The van der Waals surface area contributed by atoms with Crippen LogP contribution in [0.15, 0.2) is 0 Å². The average Bonchev–Trinajstić information content (AvgIpc) is 1.72. The highest BCUT2D eigenvalue weighted by Crippen LogP contribution is 2.15. The molecule has 1 N–H and O–H groups in total. The van der Waals surface area contributed by atoms with E-state index in [-0.39, 0.29) is 0 Å². The third-order valence-corrected chi connectivity index (χ3v) is 1.02. The summed E-state index contributed by atoms with van der Waals surface area (Å²) in [6.45, 7) is 2.19. The molecule has 0 spiro atoms. The van der Waals surface area contributed by atoms with Gasteiger partial charge >= 0.3 is 7.23 Å². The Kier molecular flexibility index (Phi) is 14.5. The fourth-order valence-electron chi connectivity index (χ4n) is 0.105. The second-order valence-corrected chi connectivity index (χ2v) is 2.24. The quantitative estimate of drug-likeness (QED) is 0.475. The molecule has 0 heterocycles. The van der Waals surface area contributed by atoms with E-state index < -0.39 is 7.23 Å². The second kappa shape index (κ2) is 10.4. The normalized spacial score (nSPS) is 9.25. The van der Waals surface area contributed by atoms with Gasteiger partial charge in [-0.3, -0.25) is 0 Å². The first-order valence-corrected chi connectivity index (χ1v) is 4.18. The van der Waals surface area contributed by atoms with Gasteiger partial charge in [-0.2, -0.15) is 4.52 Å². The molecular formula is C3H9O3PS. The molecule has 0 aromatic heterocycles. The van der Waals surface area contributed by atoms with E-state index in [2.05, 4.69) is 16.8 Å². The Hall–Kier alpha value is 0.370. The van der Waals surface area contributed by atoms with Crippen LogP contribution in [0.4, 0.5) is 0 Å². The van der Waals surface area contributed by atoms with Crippen molar-refractivity contribution in [2.45, 2.75) is 6.92 Å². The lowest BCUT2D eigenvalue weighted by Gasteiger charge is -1.79. The number of hydrogen-bond donors (Lipinski definition) is 1. The smallest absolute Gasteiger partial charge is 0.372 e. The van der Waals surface area contributed by atoms with Crippen LogP contribution in [0, 0.1) is 0 Å². The molecular weight excluding hydrogens is 147 g/mol. The largest absolute Gasteiger partial charge is 0.408 e. The lowest BCUT2D eigenvalue weighted by atomic mass is 10.9. The number of rotatable bonds is 2. The maximum atomic E-state index is 9.78. The first-order chi connectivity index (χ1) is 3.77. The van der Waals surface area contributed by atoms with Crippen LogP contribution < -0.4 is 0 Å². The summed E-state index contributed by atoms with van der Waals surface area (Å²) in [5, 5.41) is 7.00. The minimum atomic E-state index is -1.77. The van der Waals surface area contributed by atoms with Gasteiger partial charge in [-0.05, 0) is 6.92 Å². The van der Waals surface area contributed by atoms with Crippen LogP contribution in [0.5, 0.6) is 0 Å². The minimum Gasteiger partial charge on any atom is -0.408 e. The maximum Gasteiger partial charge on any atom is 0.372 e. The number of hydrogen-bond acceptors (Lipinski definition) is 4. The van der Waals surface area contributed by atoms with Crippen molar-refractivity contribution in [3.05, 3.63) is 0 Å². The van der Waals surface area contributed by atoms with Gasteiger partial charge in [0, 0.05) is 7.11 Å². The zero-order valence-electron chi connectivity index (χ0n) is 4.83. The zero-order valence-corrected chi connectivity index (χ0v) is 6.54. The lowest BCUT2D eigenvalue weighted by molar-refractivity contribution is 0.362. The molecule has 0 aliphatic rings. The lowest BCUT2D eigenvalue weighted by Crippen LogP contribution is -1.71. The van der Waals surface area contributed by atoms with Crippen molar-refractivity contribution in [3.8, 4) is 0 Å². The second-order valence-electron chi connectivity index (χ2n) is 0.641. The van der Waals surface area contributed by atoms with Crippen LogP contribution in [0.25, 0.3) is 0 Å². The third-order valence-electron chi connectivity index (χ3n) is 0.235. The van der Waals surface area contributed by atoms with Crippen molar-refractivity contribution >= 4 is 19.5 Å². The Labute approximate surface area is 55.1 Å². The Bertz CT molecular complexity index is 58.5. The summed E-state index contributed by atoms with van der Waals surface area (Å²) < 4.78 is 14.2. The van der Waals surface area contributed by atoms with Gasteiger partial charge < -0.3 is 17.4 Å². The molecule has 0 fully saturated rings. The molecule has 0 amide bonds. The highest BCUT2D eigenvalue weighted by Gasteiger charge is 1.88. The van der Waals surface area contributed by atoms with Crippen molar-refractivity contribution in [2.75, 3.05) is 13.7 Å². The molecule has 8 heavy (non-hydrogen) atoms. The van der Waals surface area contributed by atoms with E-state index in [1.54, 1.807) is 6.92 Å². The topological polar surface area (TPSA) is 46.5 Å². The van der Waals surface area contributed by atoms with Crippen molar-refractivity contribution in [2.24, 2.45) is 0 Å². The monoisotopic (exact) mass is 156 g/mol. The van der Waals surface area contributed by atoms with Crippen molar-refractivity contribution in [1.29, 1.82) is 0 Å². The first-order valence-electron chi connectivity index (χ1n) is 1.99. The van der Waals surface area contributed by atoms with E-state index in [1.165, 1.54) is 0 Å². The van der Waals surface area contributed by atoms with Gasteiger partial charge in [0.1, 0.15) is 0 Å². The number of aliphatic hydroxyl groups excluding tert-OH is 1. The Morgan fingerprint density at radius 3 is 2.12 bits per heavy atom. The standard InChI is InChI=1S/C2H5O2PS.CH4O/c1-2-4-5(3)6;1-2/h2H2,1H3;2H,1H3. The average molecular weight is 156 g/mol. The fourth-order valence-corrected chi connectivity index (χ4v) is 0.632. The first kappa shape index (κ1) is 11.2. The predicted molar refractivity (Wildman–Crippen MR) is 34.7 cm³/mol. The molecule has 0 rings (SSSR count). The van der Waals surface area contributed by atoms with Crippen LogP contribution in [0.3, 0.4) is 0 Å². The molecule has 0 saturated carbocycles. The van der Waals surface area contributed by atoms with E-state index in [0.29, 0.717) is 6.61 Å². The summed E-state index contributed by atoms with van der Waals surface area (Å²) in [6.07, 6.45) is 0. The minimum absolute atomic E-state index is 0.443. The maximum absolute atomic E-state index is 9.78. The van der Waals surface area contributed by atoms with Crippen LogP contribution in [-0.2, 0) is 21.3 Å². The van der Waals surface area contributed by atoms with E-state index in [1.807, 2.05) is 0 Å². The Balaban J connectivity index is 0. The summed E-state index contributed by atoms with van der Waals surface area (Å²) in [5.74, 6) is 0. The highest BCUT2D eigenvalue weighted by atomic mass is 32.7. The molecule has 50 valence electrons. The summed E-state index contributed by atoms with van der Waals surface area (Å²) in [5.41, 5.74) is 0. The molecule has 1 atom stereocenters. The Morgan fingerprint density at radius 2 is 2.12 bits per heavy atom. The zero-order chi connectivity index (χ0) is 6.99. The molecule has 0 saturated heterocycles. The highest BCUT2D eigenvalue weighted by molar-refractivity contribution is 8.25. The molecule has 0 aliphatic heterocycles. The summed E-state index contributed by atoms with van der Waals surface area (Å²) in [6, 6.07) is 0. The van der Waals surface area contributed by atoms with Gasteiger partial charge in [0.05, 0.1) is 6.61 Å². The van der Waals surface area contributed by atoms with Crippen molar-refractivity contribution in [1.82, 2.24) is 0 Å². The molecule has 0 bridgehead atoms. The molecule has 3 nitrogen and oxygen atoms in total. The molecule has 0 radical (unpaired) electrons. The summed E-state index contributed by atoms with van der Waals surface area (Å²) in [4.78, 5) is 0. The predicted octanol–water partition coefficient (Wildman–Crippen LogP) is 0.836. The van der Waals surface area contributed by atoms with Crippen LogP contribution in [0.2, 0.25) is 0 Å². The van der Waals surface area contributed by atoms with Gasteiger partial charge in [0.15, 0.2) is 0 Å². The van der Waals surface area contributed by atoms with Gasteiger partial charge in [0.2, 0.25) is 0 Å². The fraction of sp³-hybridized carbons (Fsp3) is 1.00. The van der Waals surface area contributed by atoms with E-state index in [4.69, 9.17) is 5.11 Å².